The molecule has 4 rings (SSSR count). The van der Waals surface area contributed by atoms with Gasteiger partial charge in [0.05, 0.1) is 11.7 Å². The molecule has 0 aliphatic heterocycles. The molecular formula is C15H19N5O. The van der Waals surface area contributed by atoms with Gasteiger partial charge in [0.2, 0.25) is 0 Å². The number of rotatable bonds is 2. The Bertz CT molecular complexity index is 803. The van der Waals surface area contributed by atoms with Crippen molar-refractivity contribution in [1.82, 2.24) is 19.5 Å². The summed E-state index contributed by atoms with van der Waals surface area (Å²) in [5, 5.41) is 11.2. The fourth-order valence-electron chi connectivity index (χ4n) is 3.50. The van der Waals surface area contributed by atoms with Crippen LogP contribution in [-0.4, -0.2) is 30.7 Å². The Hall–Kier alpha value is -1.92. The SMILES string of the molecule is C[C@@H](O)c1nc2cnc3[nH]ccc3c2n1[C@@H]1CC[C@H](N)C1. The number of H-pyrrole nitrogens is 1. The van der Waals surface area contributed by atoms with Crippen molar-refractivity contribution in [3.63, 3.8) is 0 Å². The quantitative estimate of drug-likeness (QED) is 0.671. The van der Waals surface area contributed by atoms with Crippen molar-refractivity contribution in [1.29, 1.82) is 0 Å². The zero-order chi connectivity index (χ0) is 14.6. The Morgan fingerprint density at radius 2 is 2.33 bits per heavy atom. The average Bonchev–Trinajstić information content (AvgIpc) is 3.12. The van der Waals surface area contributed by atoms with Crippen LogP contribution < -0.4 is 5.73 Å². The summed E-state index contributed by atoms with van der Waals surface area (Å²) in [5.74, 6) is 0.708. The number of hydrogen-bond donors (Lipinski definition) is 3. The van der Waals surface area contributed by atoms with Crippen LogP contribution in [-0.2, 0) is 0 Å². The highest BCUT2D eigenvalue weighted by atomic mass is 16.3. The second-order valence-corrected chi connectivity index (χ2v) is 5.97. The average molecular weight is 285 g/mol. The second kappa shape index (κ2) is 4.54. The van der Waals surface area contributed by atoms with Crippen molar-refractivity contribution < 1.29 is 5.11 Å². The highest BCUT2D eigenvalue weighted by molar-refractivity contribution is 6.01. The lowest BCUT2D eigenvalue weighted by Crippen LogP contribution is -2.17. The molecule has 3 atom stereocenters. The Kier molecular flexibility index (Phi) is 2.77. The van der Waals surface area contributed by atoms with Gasteiger partial charge in [-0.1, -0.05) is 0 Å². The molecule has 3 aromatic heterocycles. The largest absolute Gasteiger partial charge is 0.385 e. The van der Waals surface area contributed by atoms with Crippen LogP contribution in [0.3, 0.4) is 0 Å². The van der Waals surface area contributed by atoms with Gasteiger partial charge in [0.25, 0.3) is 0 Å². The lowest BCUT2D eigenvalue weighted by Gasteiger charge is -2.18. The van der Waals surface area contributed by atoms with Gasteiger partial charge < -0.3 is 20.4 Å². The molecule has 110 valence electrons. The van der Waals surface area contributed by atoms with Crippen molar-refractivity contribution in [2.75, 3.05) is 0 Å². The van der Waals surface area contributed by atoms with Crippen LogP contribution in [0.25, 0.3) is 22.1 Å². The fraction of sp³-hybridized carbons (Fsp3) is 0.467. The van der Waals surface area contributed by atoms with Gasteiger partial charge in [0.1, 0.15) is 23.1 Å². The van der Waals surface area contributed by atoms with Gasteiger partial charge in [-0.2, -0.15) is 0 Å². The topological polar surface area (TPSA) is 92.8 Å². The Balaban J connectivity index is 2.03. The number of fused-ring (bicyclic) bond motifs is 3. The molecular weight excluding hydrogens is 266 g/mol. The number of pyridine rings is 1. The van der Waals surface area contributed by atoms with Crippen LogP contribution in [0.15, 0.2) is 18.5 Å². The maximum Gasteiger partial charge on any atom is 0.139 e. The summed E-state index contributed by atoms with van der Waals surface area (Å²) in [6.45, 7) is 1.76. The molecule has 0 bridgehead atoms. The first-order valence-corrected chi connectivity index (χ1v) is 7.42. The van der Waals surface area contributed by atoms with E-state index in [1.165, 1.54) is 0 Å². The standard InChI is InChI=1S/C15H19N5O/c1-8(21)15-19-12-7-18-14-11(4-5-17-14)13(12)20(15)10-3-2-9(16)6-10/h4-5,7-10,21H,2-3,6,16H2,1H3,(H,17,18)/t8-,9+,10-/m1/s1. The van der Waals surface area contributed by atoms with E-state index in [9.17, 15) is 5.11 Å². The summed E-state index contributed by atoms with van der Waals surface area (Å²) in [5.41, 5.74) is 8.81. The lowest BCUT2D eigenvalue weighted by molar-refractivity contribution is 0.181. The molecule has 6 nitrogen and oxygen atoms in total. The molecule has 0 aromatic carbocycles. The third-order valence-electron chi connectivity index (χ3n) is 4.45. The molecule has 6 heteroatoms. The van der Waals surface area contributed by atoms with Crippen LogP contribution in [0.1, 0.15) is 44.2 Å². The zero-order valence-corrected chi connectivity index (χ0v) is 12.0. The number of aromatic nitrogens is 4. The lowest BCUT2D eigenvalue weighted by atomic mass is 10.2. The number of imidazole rings is 1. The fourth-order valence-corrected chi connectivity index (χ4v) is 3.50. The maximum absolute atomic E-state index is 10.1. The van der Waals surface area contributed by atoms with E-state index in [0.717, 1.165) is 41.3 Å². The Morgan fingerprint density at radius 3 is 3.05 bits per heavy atom. The van der Waals surface area contributed by atoms with Gasteiger partial charge in [-0.25, -0.2) is 9.97 Å². The first kappa shape index (κ1) is 12.8. The molecule has 1 aliphatic carbocycles. The zero-order valence-electron chi connectivity index (χ0n) is 12.0. The summed E-state index contributed by atoms with van der Waals surface area (Å²) < 4.78 is 2.19. The van der Waals surface area contributed by atoms with Gasteiger partial charge in [0, 0.05) is 23.7 Å². The van der Waals surface area contributed by atoms with Gasteiger partial charge in [-0.05, 0) is 32.3 Å². The number of nitrogens with zero attached hydrogens (tertiary/aromatic N) is 3. The Labute approximate surface area is 122 Å². The molecule has 1 fully saturated rings. The smallest absolute Gasteiger partial charge is 0.139 e. The van der Waals surface area contributed by atoms with E-state index in [0.29, 0.717) is 11.9 Å². The van der Waals surface area contributed by atoms with Gasteiger partial charge in [0.15, 0.2) is 0 Å². The van der Waals surface area contributed by atoms with Gasteiger partial charge in [-0.15, -0.1) is 0 Å². The van der Waals surface area contributed by atoms with E-state index in [4.69, 9.17) is 5.73 Å². The molecule has 0 unspecified atom stereocenters. The minimum absolute atomic E-state index is 0.234. The van der Waals surface area contributed by atoms with E-state index in [2.05, 4.69) is 19.5 Å². The van der Waals surface area contributed by atoms with Crippen molar-refractivity contribution in [3.05, 3.63) is 24.3 Å². The highest BCUT2D eigenvalue weighted by Gasteiger charge is 2.29. The Morgan fingerprint density at radius 1 is 1.48 bits per heavy atom. The van der Waals surface area contributed by atoms with Crippen molar-refractivity contribution in [2.45, 2.75) is 44.4 Å². The molecule has 0 radical (unpaired) electrons. The molecule has 0 saturated heterocycles. The number of nitrogens with one attached hydrogen (secondary N) is 1. The van der Waals surface area contributed by atoms with Gasteiger partial charge >= 0.3 is 0 Å². The first-order valence-electron chi connectivity index (χ1n) is 7.42. The summed E-state index contributed by atoms with van der Waals surface area (Å²) >= 11 is 0. The predicted molar refractivity (Wildman–Crippen MR) is 80.9 cm³/mol. The molecule has 1 saturated carbocycles. The van der Waals surface area contributed by atoms with Crippen LogP contribution in [0, 0.1) is 0 Å². The number of aromatic amines is 1. The summed E-state index contributed by atoms with van der Waals surface area (Å²) in [6.07, 6.45) is 6.02. The minimum atomic E-state index is -0.608. The van der Waals surface area contributed by atoms with Crippen molar-refractivity contribution in [2.24, 2.45) is 5.73 Å². The van der Waals surface area contributed by atoms with E-state index in [1.54, 1.807) is 13.1 Å². The molecule has 3 aromatic rings. The third-order valence-corrected chi connectivity index (χ3v) is 4.45. The molecule has 0 amide bonds. The molecule has 4 N–H and O–H groups in total. The molecule has 1 aliphatic rings. The molecule has 21 heavy (non-hydrogen) atoms. The summed E-state index contributed by atoms with van der Waals surface area (Å²) in [4.78, 5) is 12.1. The monoisotopic (exact) mass is 285 g/mol. The van der Waals surface area contributed by atoms with Crippen LogP contribution in [0.2, 0.25) is 0 Å². The summed E-state index contributed by atoms with van der Waals surface area (Å²) in [6, 6.07) is 2.55. The van der Waals surface area contributed by atoms with Crippen LogP contribution >= 0.6 is 0 Å². The van der Waals surface area contributed by atoms with Gasteiger partial charge in [-0.3, -0.25) is 0 Å². The van der Waals surface area contributed by atoms with Crippen molar-refractivity contribution in [3.8, 4) is 0 Å². The minimum Gasteiger partial charge on any atom is -0.385 e. The third kappa shape index (κ3) is 1.86. The number of aliphatic hydroxyl groups is 1. The van der Waals surface area contributed by atoms with E-state index in [1.807, 2.05) is 12.3 Å². The van der Waals surface area contributed by atoms with Crippen LogP contribution in [0.4, 0.5) is 0 Å². The van der Waals surface area contributed by atoms with Crippen LogP contribution in [0.5, 0.6) is 0 Å². The first-order chi connectivity index (χ1) is 10.1. The second-order valence-electron chi connectivity index (χ2n) is 5.97. The molecule has 0 spiro atoms. The number of aliphatic hydroxyl groups excluding tert-OH is 1. The predicted octanol–water partition coefficient (Wildman–Crippen LogP) is 2.02. The maximum atomic E-state index is 10.1. The van der Waals surface area contributed by atoms with Crippen molar-refractivity contribution >= 4 is 22.1 Å². The van der Waals surface area contributed by atoms with E-state index < -0.39 is 6.10 Å². The number of nitrogens with two attached hydrogens (primary N) is 1. The van der Waals surface area contributed by atoms with E-state index >= 15 is 0 Å². The molecule has 3 heterocycles. The summed E-state index contributed by atoms with van der Waals surface area (Å²) in [7, 11) is 0. The highest BCUT2D eigenvalue weighted by Crippen LogP contribution is 2.36. The normalized spacial score (nSPS) is 24.1. The number of hydrogen-bond acceptors (Lipinski definition) is 4. The van der Waals surface area contributed by atoms with E-state index in [-0.39, 0.29) is 6.04 Å².